The van der Waals surface area contributed by atoms with Crippen LogP contribution in [0.25, 0.3) is 21.3 Å². The van der Waals surface area contributed by atoms with E-state index in [4.69, 9.17) is 0 Å². The number of fused-ring (bicyclic) bond motifs is 1. The van der Waals surface area contributed by atoms with E-state index in [1.54, 1.807) is 0 Å². The van der Waals surface area contributed by atoms with Gasteiger partial charge in [-0.2, -0.15) is 0 Å². The van der Waals surface area contributed by atoms with Gasteiger partial charge in [-0.05, 0) is 41.8 Å². The minimum absolute atomic E-state index is 0.0960. The van der Waals surface area contributed by atoms with Gasteiger partial charge in [0.1, 0.15) is 11.4 Å². The fourth-order valence-corrected chi connectivity index (χ4v) is 4.32. The third-order valence-corrected chi connectivity index (χ3v) is 6.10. The van der Waals surface area contributed by atoms with Crippen LogP contribution in [0.15, 0.2) is 65.0 Å². The van der Waals surface area contributed by atoms with Gasteiger partial charge in [-0.25, -0.2) is 4.98 Å². The SMILES string of the molecule is CCc1ccc(-c2csc3ncn(CC(=O)Nc4ccc(N(C)C)cc4)c(=O)c23)cc1. The number of hydrogen-bond acceptors (Lipinski definition) is 5. The molecule has 0 aliphatic rings. The highest BCUT2D eigenvalue weighted by molar-refractivity contribution is 7.17. The van der Waals surface area contributed by atoms with Crippen molar-refractivity contribution in [1.29, 1.82) is 0 Å². The number of carbonyl (C=O) groups is 1. The van der Waals surface area contributed by atoms with Crippen LogP contribution >= 0.6 is 11.3 Å². The van der Waals surface area contributed by atoms with Gasteiger partial charge in [0.2, 0.25) is 5.91 Å². The first kappa shape index (κ1) is 20.8. The molecule has 0 aliphatic heterocycles. The van der Waals surface area contributed by atoms with E-state index in [0.29, 0.717) is 15.9 Å². The smallest absolute Gasteiger partial charge is 0.263 e. The van der Waals surface area contributed by atoms with Crippen LogP contribution in [0.4, 0.5) is 11.4 Å². The van der Waals surface area contributed by atoms with Crippen molar-refractivity contribution >= 4 is 38.8 Å². The van der Waals surface area contributed by atoms with E-state index < -0.39 is 0 Å². The van der Waals surface area contributed by atoms with E-state index in [1.807, 2.05) is 60.8 Å². The Bertz CT molecular complexity index is 1270. The van der Waals surface area contributed by atoms with Crippen molar-refractivity contribution in [1.82, 2.24) is 9.55 Å². The van der Waals surface area contributed by atoms with Gasteiger partial charge in [-0.3, -0.25) is 14.2 Å². The van der Waals surface area contributed by atoms with Gasteiger partial charge in [0, 0.05) is 36.4 Å². The van der Waals surface area contributed by atoms with Crippen LogP contribution < -0.4 is 15.8 Å². The Labute approximate surface area is 184 Å². The molecule has 0 bridgehead atoms. The van der Waals surface area contributed by atoms with Gasteiger partial charge in [0.15, 0.2) is 0 Å². The summed E-state index contributed by atoms with van der Waals surface area (Å²) in [6.07, 6.45) is 2.41. The average molecular weight is 433 g/mol. The zero-order chi connectivity index (χ0) is 22.0. The molecule has 6 nitrogen and oxygen atoms in total. The highest BCUT2D eigenvalue weighted by atomic mass is 32.1. The monoisotopic (exact) mass is 432 g/mol. The maximum absolute atomic E-state index is 13.2. The Morgan fingerprint density at radius 3 is 2.45 bits per heavy atom. The molecular weight excluding hydrogens is 408 g/mol. The molecule has 31 heavy (non-hydrogen) atoms. The molecule has 4 rings (SSSR count). The molecule has 0 spiro atoms. The van der Waals surface area contributed by atoms with E-state index >= 15 is 0 Å². The van der Waals surface area contributed by atoms with E-state index in [1.165, 1.54) is 27.8 Å². The Hall–Kier alpha value is -3.45. The zero-order valence-corrected chi connectivity index (χ0v) is 18.6. The van der Waals surface area contributed by atoms with Crippen molar-refractivity contribution in [3.8, 4) is 11.1 Å². The minimum Gasteiger partial charge on any atom is -0.378 e. The van der Waals surface area contributed by atoms with Gasteiger partial charge in [0.05, 0.1) is 11.7 Å². The molecule has 158 valence electrons. The summed E-state index contributed by atoms with van der Waals surface area (Å²) in [5, 5.41) is 5.35. The normalized spacial score (nSPS) is 10.9. The Balaban J connectivity index is 1.58. The number of rotatable bonds is 6. The molecule has 0 saturated heterocycles. The van der Waals surface area contributed by atoms with Crippen molar-refractivity contribution in [2.75, 3.05) is 24.3 Å². The molecule has 2 aromatic heterocycles. The minimum atomic E-state index is -0.273. The number of nitrogens with zero attached hydrogens (tertiary/aromatic N) is 3. The molecule has 0 unspecified atom stereocenters. The van der Waals surface area contributed by atoms with Crippen molar-refractivity contribution in [2.24, 2.45) is 0 Å². The van der Waals surface area contributed by atoms with Crippen molar-refractivity contribution in [2.45, 2.75) is 19.9 Å². The second kappa shape index (κ2) is 8.73. The van der Waals surface area contributed by atoms with Crippen LogP contribution in [-0.2, 0) is 17.8 Å². The summed E-state index contributed by atoms with van der Waals surface area (Å²) in [5.74, 6) is -0.273. The van der Waals surface area contributed by atoms with Gasteiger partial charge in [-0.15, -0.1) is 11.3 Å². The molecule has 1 N–H and O–H groups in total. The molecule has 0 fully saturated rings. The van der Waals surface area contributed by atoms with Gasteiger partial charge < -0.3 is 10.2 Å². The quantitative estimate of drug-likeness (QED) is 0.491. The molecule has 0 aliphatic carbocycles. The lowest BCUT2D eigenvalue weighted by molar-refractivity contribution is -0.116. The Morgan fingerprint density at radius 1 is 1.10 bits per heavy atom. The number of benzene rings is 2. The number of hydrogen-bond donors (Lipinski definition) is 1. The lowest BCUT2D eigenvalue weighted by atomic mass is 10.0. The molecular formula is C24H24N4O2S. The molecule has 0 atom stereocenters. The van der Waals surface area contributed by atoms with Crippen molar-refractivity contribution in [3.63, 3.8) is 0 Å². The number of anilines is 2. The number of amides is 1. The number of nitrogens with one attached hydrogen (secondary N) is 1. The van der Waals surface area contributed by atoms with Crippen LogP contribution in [0.3, 0.4) is 0 Å². The standard InChI is InChI=1S/C24H24N4O2S/c1-4-16-5-7-17(8-6-16)20-14-31-23-22(20)24(30)28(15-25-23)13-21(29)26-18-9-11-19(12-10-18)27(2)3/h5-12,14-15H,4,13H2,1-3H3,(H,26,29). The highest BCUT2D eigenvalue weighted by Crippen LogP contribution is 2.30. The van der Waals surface area contributed by atoms with Gasteiger partial charge in [-0.1, -0.05) is 31.2 Å². The predicted octanol–water partition coefficient (Wildman–Crippen LogP) is 4.39. The second-order valence-electron chi connectivity index (χ2n) is 7.55. The Kier molecular flexibility index (Phi) is 5.86. The number of carbonyl (C=O) groups excluding carboxylic acids is 1. The summed E-state index contributed by atoms with van der Waals surface area (Å²) in [6.45, 7) is 2.01. The number of thiophene rings is 1. The lowest BCUT2D eigenvalue weighted by Gasteiger charge is -2.13. The predicted molar refractivity (Wildman–Crippen MR) is 128 cm³/mol. The molecule has 0 saturated carbocycles. The molecule has 2 heterocycles. The largest absolute Gasteiger partial charge is 0.378 e. The van der Waals surface area contributed by atoms with Crippen LogP contribution in [0.2, 0.25) is 0 Å². The maximum atomic E-state index is 13.2. The molecule has 4 aromatic rings. The van der Waals surface area contributed by atoms with E-state index in [0.717, 1.165) is 23.2 Å². The third-order valence-electron chi connectivity index (χ3n) is 5.22. The van der Waals surface area contributed by atoms with Crippen LogP contribution in [0, 0.1) is 0 Å². The highest BCUT2D eigenvalue weighted by Gasteiger charge is 2.15. The average Bonchev–Trinajstić information content (AvgIpc) is 3.21. The zero-order valence-electron chi connectivity index (χ0n) is 17.8. The van der Waals surface area contributed by atoms with Crippen LogP contribution in [0.5, 0.6) is 0 Å². The fraction of sp³-hybridized carbons (Fsp3) is 0.208. The second-order valence-corrected chi connectivity index (χ2v) is 8.41. The lowest BCUT2D eigenvalue weighted by Crippen LogP contribution is -2.27. The maximum Gasteiger partial charge on any atom is 0.263 e. The van der Waals surface area contributed by atoms with Gasteiger partial charge >= 0.3 is 0 Å². The van der Waals surface area contributed by atoms with Gasteiger partial charge in [0.25, 0.3) is 5.56 Å². The first-order chi connectivity index (χ1) is 15.0. The van der Waals surface area contributed by atoms with E-state index in [-0.39, 0.29) is 18.0 Å². The molecule has 1 amide bonds. The summed E-state index contributed by atoms with van der Waals surface area (Å²) in [7, 11) is 3.92. The molecule has 7 heteroatoms. The van der Waals surface area contributed by atoms with Crippen molar-refractivity contribution in [3.05, 3.63) is 76.2 Å². The summed E-state index contributed by atoms with van der Waals surface area (Å²) < 4.78 is 1.36. The van der Waals surface area contributed by atoms with E-state index in [2.05, 4.69) is 29.4 Å². The van der Waals surface area contributed by atoms with Crippen LogP contribution in [0.1, 0.15) is 12.5 Å². The van der Waals surface area contributed by atoms with Crippen molar-refractivity contribution < 1.29 is 4.79 Å². The summed E-state index contributed by atoms with van der Waals surface area (Å²) in [5.41, 5.74) is 4.60. The summed E-state index contributed by atoms with van der Waals surface area (Å²) in [4.78, 5) is 32.8. The number of aromatic nitrogens is 2. The first-order valence-electron chi connectivity index (χ1n) is 10.1. The molecule has 0 radical (unpaired) electrons. The first-order valence-corrected chi connectivity index (χ1v) is 11.0. The Morgan fingerprint density at radius 2 is 1.81 bits per heavy atom. The summed E-state index contributed by atoms with van der Waals surface area (Å²) in [6, 6.07) is 15.7. The van der Waals surface area contributed by atoms with Crippen LogP contribution in [-0.4, -0.2) is 29.6 Å². The fourth-order valence-electron chi connectivity index (χ4n) is 3.41. The third kappa shape index (κ3) is 4.36. The molecule has 2 aromatic carbocycles. The van der Waals surface area contributed by atoms with E-state index in [9.17, 15) is 9.59 Å². The topological polar surface area (TPSA) is 67.2 Å². The number of aryl methyl sites for hydroxylation is 1. The summed E-state index contributed by atoms with van der Waals surface area (Å²) >= 11 is 1.44.